The molecule has 2 N–H and O–H groups in total. The molecule has 0 aliphatic rings. The summed E-state index contributed by atoms with van der Waals surface area (Å²) in [6.45, 7) is 8.80. The SMILES string of the molecule is Cc1ccc(-c2ccsc2C(=O)O[C@H](C)C(=O)NC(=O)NC(C)(C)C)cc1. The minimum absolute atomic E-state index is 0.414. The molecule has 0 saturated heterocycles. The molecule has 2 rings (SSSR count). The smallest absolute Gasteiger partial charge is 0.349 e. The minimum atomic E-state index is -1.10. The zero-order chi connectivity index (χ0) is 20.2. The standard InChI is InChI=1S/C20H24N2O4S/c1-12-6-8-14(9-7-12)15-10-11-27-16(15)18(24)26-13(2)17(23)21-19(25)22-20(3,4)5/h6-11,13H,1-5H3,(H2,21,22,23,25)/t13-/m1/s1. The highest BCUT2D eigenvalue weighted by atomic mass is 32.1. The van der Waals surface area contributed by atoms with E-state index in [0.29, 0.717) is 4.88 Å². The van der Waals surface area contributed by atoms with Crippen LogP contribution in [0.1, 0.15) is 42.9 Å². The molecule has 1 atom stereocenters. The van der Waals surface area contributed by atoms with E-state index in [-0.39, 0.29) is 0 Å². The van der Waals surface area contributed by atoms with E-state index in [2.05, 4.69) is 10.6 Å². The van der Waals surface area contributed by atoms with E-state index in [1.165, 1.54) is 18.3 Å². The van der Waals surface area contributed by atoms with Gasteiger partial charge in [0.15, 0.2) is 6.10 Å². The highest BCUT2D eigenvalue weighted by Crippen LogP contribution is 2.29. The van der Waals surface area contributed by atoms with E-state index in [0.717, 1.165) is 16.7 Å². The quantitative estimate of drug-likeness (QED) is 0.778. The van der Waals surface area contributed by atoms with Gasteiger partial charge in [-0.15, -0.1) is 11.3 Å². The van der Waals surface area contributed by atoms with Crippen LogP contribution in [0.5, 0.6) is 0 Å². The third-order valence-electron chi connectivity index (χ3n) is 3.59. The Hall–Kier alpha value is -2.67. The number of thiophene rings is 1. The predicted molar refractivity (Wildman–Crippen MR) is 106 cm³/mol. The normalized spacial score (nSPS) is 12.2. The van der Waals surface area contributed by atoms with Crippen molar-refractivity contribution in [2.75, 3.05) is 0 Å². The van der Waals surface area contributed by atoms with Gasteiger partial charge in [0.05, 0.1) is 0 Å². The maximum Gasteiger partial charge on any atom is 0.349 e. The number of amides is 3. The molecule has 6 nitrogen and oxygen atoms in total. The Labute approximate surface area is 162 Å². The van der Waals surface area contributed by atoms with Crippen LogP contribution in [0.3, 0.4) is 0 Å². The van der Waals surface area contributed by atoms with Crippen LogP contribution in [-0.4, -0.2) is 29.6 Å². The van der Waals surface area contributed by atoms with Gasteiger partial charge < -0.3 is 10.1 Å². The molecule has 0 unspecified atom stereocenters. The van der Waals surface area contributed by atoms with E-state index in [9.17, 15) is 14.4 Å². The Kier molecular flexibility index (Phi) is 6.38. The average molecular weight is 388 g/mol. The minimum Gasteiger partial charge on any atom is -0.448 e. The molecule has 0 aliphatic heterocycles. The molecule has 27 heavy (non-hydrogen) atoms. The zero-order valence-electron chi connectivity index (χ0n) is 16.1. The van der Waals surface area contributed by atoms with E-state index in [4.69, 9.17) is 4.74 Å². The lowest BCUT2D eigenvalue weighted by Gasteiger charge is -2.21. The van der Waals surface area contributed by atoms with Gasteiger partial charge in [-0.05, 0) is 51.6 Å². The van der Waals surface area contributed by atoms with Crippen LogP contribution >= 0.6 is 11.3 Å². The summed E-state index contributed by atoms with van der Waals surface area (Å²) in [5.41, 5.74) is 2.29. The van der Waals surface area contributed by atoms with Crippen molar-refractivity contribution in [2.24, 2.45) is 0 Å². The molecule has 144 valence electrons. The Balaban J connectivity index is 2.03. The highest BCUT2D eigenvalue weighted by molar-refractivity contribution is 7.12. The lowest BCUT2D eigenvalue weighted by Crippen LogP contribution is -2.50. The number of carbonyl (C=O) groups is 3. The van der Waals surface area contributed by atoms with Crippen LogP contribution in [0.15, 0.2) is 35.7 Å². The molecule has 1 aromatic heterocycles. The molecule has 3 amide bonds. The number of rotatable bonds is 4. The molecule has 0 saturated carbocycles. The fourth-order valence-electron chi connectivity index (χ4n) is 2.28. The second-order valence-electron chi connectivity index (χ2n) is 7.27. The van der Waals surface area contributed by atoms with Crippen LogP contribution < -0.4 is 10.6 Å². The van der Waals surface area contributed by atoms with Gasteiger partial charge >= 0.3 is 12.0 Å². The molecule has 0 spiro atoms. The molecule has 0 bridgehead atoms. The summed E-state index contributed by atoms with van der Waals surface area (Å²) in [7, 11) is 0. The molecule has 7 heteroatoms. The van der Waals surface area contributed by atoms with Gasteiger partial charge in [0.25, 0.3) is 5.91 Å². The summed E-state index contributed by atoms with van der Waals surface area (Å²) in [6, 6.07) is 9.00. The molecule has 1 aromatic carbocycles. The fourth-order valence-corrected chi connectivity index (χ4v) is 3.08. The van der Waals surface area contributed by atoms with Gasteiger partial charge in [-0.2, -0.15) is 0 Å². The van der Waals surface area contributed by atoms with Crippen LogP contribution in [0.4, 0.5) is 4.79 Å². The number of ether oxygens (including phenoxy) is 1. The number of hydrogen-bond donors (Lipinski definition) is 2. The first-order chi connectivity index (χ1) is 12.6. The van der Waals surface area contributed by atoms with Gasteiger partial charge in [-0.3, -0.25) is 10.1 Å². The van der Waals surface area contributed by atoms with Crippen molar-refractivity contribution in [3.05, 3.63) is 46.2 Å². The van der Waals surface area contributed by atoms with E-state index < -0.39 is 29.6 Å². The first kappa shape index (κ1) is 20.6. The van der Waals surface area contributed by atoms with Gasteiger partial charge in [0.2, 0.25) is 0 Å². The van der Waals surface area contributed by atoms with Gasteiger partial charge in [-0.1, -0.05) is 29.8 Å². The summed E-state index contributed by atoms with van der Waals surface area (Å²) in [4.78, 5) is 36.8. The molecule has 2 aromatic rings. The Morgan fingerprint density at radius 1 is 1.07 bits per heavy atom. The van der Waals surface area contributed by atoms with E-state index >= 15 is 0 Å². The number of carbonyl (C=O) groups excluding carboxylic acids is 3. The second kappa shape index (κ2) is 8.35. The molecule has 1 heterocycles. The fraction of sp³-hybridized carbons (Fsp3) is 0.350. The van der Waals surface area contributed by atoms with Crippen molar-refractivity contribution in [1.29, 1.82) is 0 Å². The lowest BCUT2D eigenvalue weighted by atomic mass is 10.1. The summed E-state index contributed by atoms with van der Waals surface area (Å²) in [5, 5.41) is 6.59. The molecular formula is C20H24N2O4S. The van der Waals surface area contributed by atoms with Crippen molar-refractivity contribution in [1.82, 2.24) is 10.6 Å². The van der Waals surface area contributed by atoms with Crippen molar-refractivity contribution in [3.63, 3.8) is 0 Å². The zero-order valence-corrected chi connectivity index (χ0v) is 16.9. The molecule has 0 aliphatic carbocycles. The Bertz CT molecular complexity index is 834. The topological polar surface area (TPSA) is 84.5 Å². The third kappa shape index (κ3) is 5.92. The monoisotopic (exact) mass is 388 g/mol. The van der Waals surface area contributed by atoms with E-state index in [1.807, 2.05) is 37.3 Å². The average Bonchev–Trinajstić information content (AvgIpc) is 3.03. The summed E-state index contributed by atoms with van der Waals surface area (Å²) < 4.78 is 5.25. The molecule has 0 radical (unpaired) electrons. The number of aryl methyl sites for hydroxylation is 1. The Morgan fingerprint density at radius 2 is 1.70 bits per heavy atom. The summed E-state index contributed by atoms with van der Waals surface area (Å²) in [6.07, 6.45) is -1.10. The van der Waals surface area contributed by atoms with E-state index in [1.54, 1.807) is 26.2 Å². The predicted octanol–water partition coefficient (Wildman–Crippen LogP) is 3.89. The summed E-state index contributed by atoms with van der Waals surface area (Å²) in [5.74, 6) is -1.28. The highest BCUT2D eigenvalue weighted by Gasteiger charge is 2.24. The number of benzene rings is 1. The molecule has 0 fully saturated rings. The van der Waals surface area contributed by atoms with Crippen LogP contribution in [0.2, 0.25) is 0 Å². The largest absolute Gasteiger partial charge is 0.448 e. The van der Waals surface area contributed by atoms with Crippen molar-refractivity contribution in [2.45, 2.75) is 46.3 Å². The number of nitrogens with one attached hydrogen (secondary N) is 2. The van der Waals surface area contributed by atoms with Gasteiger partial charge in [0.1, 0.15) is 4.88 Å². The number of urea groups is 1. The number of imide groups is 1. The third-order valence-corrected chi connectivity index (χ3v) is 4.49. The van der Waals surface area contributed by atoms with Crippen molar-refractivity contribution < 1.29 is 19.1 Å². The second-order valence-corrected chi connectivity index (χ2v) is 8.19. The number of esters is 1. The van der Waals surface area contributed by atoms with Crippen LogP contribution in [0, 0.1) is 6.92 Å². The number of hydrogen-bond acceptors (Lipinski definition) is 5. The maximum absolute atomic E-state index is 12.5. The maximum atomic E-state index is 12.5. The van der Waals surface area contributed by atoms with Crippen molar-refractivity contribution in [3.8, 4) is 11.1 Å². The van der Waals surface area contributed by atoms with Crippen LogP contribution in [0.25, 0.3) is 11.1 Å². The Morgan fingerprint density at radius 3 is 2.30 bits per heavy atom. The lowest BCUT2D eigenvalue weighted by molar-refractivity contribution is -0.127. The summed E-state index contributed by atoms with van der Waals surface area (Å²) >= 11 is 1.25. The van der Waals surface area contributed by atoms with Crippen molar-refractivity contribution >= 4 is 29.2 Å². The molecular weight excluding hydrogens is 364 g/mol. The first-order valence-electron chi connectivity index (χ1n) is 8.55. The van der Waals surface area contributed by atoms with Gasteiger partial charge in [-0.25, -0.2) is 9.59 Å². The first-order valence-corrected chi connectivity index (χ1v) is 9.43. The van der Waals surface area contributed by atoms with Crippen LogP contribution in [-0.2, 0) is 9.53 Å². The van der Waals surface area contributed by atoms with Gasteiger partial charge in [0, 0.05) is 11.1 Å².